The molecule has 3 N–H and O–H groups in total. The van der Waals surface area contributed by atoms with Crippen molar-refractivity contribution in [1.29, 1.82) is 0 Å². The average Bonchev–Trinajstić information content (AvgIpc) is 2.26. The van der Waals surface area contributed by atoms with Crippen LogP contribution in [0.1, 0.15) is 6.42 Å². The summed E-state index contributed by atoms with van der Waals surface area (Å²) in [7, 11) is -0.981. The highest BCUT2D eigenvalue weighted by Gasteiger charge is 2.28. The molecule has 68 valence electrons. The van der Waals surface area contributed by atoms with Crippen LogP contribution in [-0.4, -0.2) is 35.7 Å². The molecule has 0 aliphatic carbocycles. The third-order valence-electron chi connectivity index (χ3n) is 1.60. The zero-order valence-corrected chi connectivity index (χ0v) is 7.60. The molecule has 3 amide bonds. The summed E-state index contributed by atoms with van der Waals surface area (Å²) in [6.07, 6.45) is 1.09. The lowest BCUT2D eigenvalue weighted by Gasteiger charge is -2.07. The number of carbonyl (C=O) groups is 2. The van der Waals surface area contributed by atoms with Crippen molar-refractivity contribution < 1.29 is 14.5 Å². The van der Waals surface area contributed by atoms with Gasteiger partial charge in [-0.05, 0) is 19.2 Å². The monoisotopic (exact) mass is 190 g/mol. The summed E-state index contributed by atoms with van der Waals surface area (Å²) in [5.74, 6) is -0.295. The molecule has 0 saturated carbocycles. The Balaban J connectivity index is 2.33. The zero-order valence-electron chi connectivity index (χ0n) is 6.70. The van der Waals surface area contributed by atoms with Gasteiger partial charge in [0.15, 0.2) is 0 Å². The molecule has 2 atom stereocenters. The van der Waals surface area contributed by atoms with Gasteiger partial charge in [0.25, 0.3) is 5.91 Å². The molecule has 0 aromatic heterocycles. The topological polar surface area (TPSA) is 78.4 Å². The summed E-state index contributed by atoms with van der Waals surface area (Å²) in [6, 6.07) is -0.891. The molecule has 1 rings (SSSR count). The zero-order chi connectivity index (χ0) is 9.14. The van der Waals surface area contributed by atoms with Crippen LogP contribution in [0.15, 0.2) is 0 Å². The average molecular weight is 190 g/mol. The highest BCUT2D eigenvalue weighted by molar-refractivity contribution is 7.50. The molecule has 5 nitrogen and oxygen atoms in total. The molecule has 1 saturated heterocycles. The number of rotatable bonds is 3. The van der Waals surface area contributed by atoms with Crippen molar-refractivity contribution in [3.8, 4) is 0 Å². The fourth-order valence-corrected chi connectivity index (χ4v) is 1.61. The first-order valence-electron chi connectivity index (χ1n) is 3.61. The van der Waals surface area contributed by atoms with Crippen molar-refractivity contribution in [3.05, 3.63) is 0 Å². The molecule has 12 heavy (non-hydrogen) atoms. The lowest BCUT2D eigenvalue weighted by Crippen LogP contribution is -2.29. The van der Waals surface area contributed by atoms with E-state index in [1.807, 2.05) is 0 Å². The molecule has 1 fully saturated rings. The van der Waals surface area contributed by atoms with Crippen molar-refractivity contribution in [1.82, 2.24) is 10.6 Å². The normalized spacial score (nSPS) is 25.0. The van der Waals surface area contributed by atoms with Crippen molar-refractivity contribution in [2.45, 2.75) is 12.5 Å². The lowest BCUT2D eigenvalue weighted by atomic mass is 10.2. The van der Waals surface area contributed by atoms with Crippen molar-refractivity contribution in [2.24, 2.45) is 0 Å². The van der Waals surface area contributed by atoms with Gasteiger partial charge in [-0.15, -0.1) is 0 Å². The molecule has 0 aromatic carbocycles. The largest absolute Gasteiger partial charge is 0.374 e. The van der Waals surface area contributed by atoms with Gasteiger partial charge >= 0.3 is 6.03 Å². The highest BCUT2D eigenvalue weighted by atomic mass is 31.1. The molecule has 0 spiro atoms. The van der Waals surface area contributed by atoms with Gasteiger partial charge in [-0.1, -0.05) is 0 Å². The van der Waals surface area contributed by atoms with E-state index in [2.05, 4.69) is 10.6 Å². The van der Waals surface area contributed by atoms with Crippen LogP contribution in [0.2, 0.25) is 0 Å². The number of nitrogens with one attached hydrogen (secondary N) is 2. The number of carbonyl (C=O) groups excluding carboxylic acids is 2. The van der Waals surface area contributed by atoms with Gasteiger partial charge in [0.1, 0.15) is 6.04 Å². The van der Waals surface area contributed by atoms with E-state index in [9.17, 15) is 9.59 Å². The van der Waals surface area contributed by atoms with Crippen molar-refractivity contribution in [3.63, 3.8) is 0 Å². The van der Waals surface area contributed by atoms with Crippen LogP contribution in [0, 0.1) is 0 Å². The van der Waals surface area contributed by atoms with E-state index in [0.717, 1.165) is 0 Å². The molecule has 6 heteroatoms. The maximum Gasteiger partial charge on any atom is 0.322 e. The Hall–Kier alpha value is -0.670. The lowest BCUT2D eigenvalue weighted by molar-refractivity contribution is -0.120. The number of hydrogen-bond acceptors (Lipinski definition) is 3. The first-order valence-corrected chi connectivity index (χ1v) is 5.53. The molecule has 0 radical (unpaired) electrons. The number of hydrogen-bond donors (Lipinski definition) is 3. The summed E-state index contributed by atoms with van der Waals surface area (Å²) >= 11 is 0. The Morgan fingerprint density at radius 3 is 2.67 bits per heavy atom. The fourth-order valence-electron chi connectivity index (χ4n) is 0.978. The van der Waals surface area contributed by atoms with Crippen LogP contribution in [0.5, 0.6) is 0 Å². The highest BCUT2D eigenvalue weighted by Crippen LogP contribution is 2.25. The minimum absolute atomic E-state index is 0.295. The van der Waals surface area contributed by atoms with E-state index in [0.29, 0.717) is 12.6 Å². The van der Waals surface area contributed by atoms with Crippen LogP contribution in [-0.2, 0) is 4.79 Å². The molecule has 1 heterocycles. The van der Waals surface area contributed by atoms with Gasteiger partial charge in [0, 0.05) is 8.15 Å². The fraction of sp³-hybridized carbons (Fsp3) is 0.667. The van der Waals surface area contributed by atoms with Gasteiger partial charge < -0.3 is 10.2 Å². The Morgan fingerprint density at radius 1 is 1.58 bits per heavy atom. The van der Waals surface area contributed by atoms with E-state index in [1.54, 1.807) is 6.66 Å². The molecular weight excluding hydrogens is 179 g/mol. The predicted molar refractivity (Wildman–Crippen MR) is 45.0 cm³/mol. The number of imide groups is 1. The van der Waals surface area contributed by atoms with Crippen LogP contribution in [0.3, 0.4) is 0 Å². The minimum Gasteiger partial charge on any atom is -0.374 e. The smallest absolute Gasteiger partial charge is 0.322 e. The summed E-state index contributed by atoms with van der Waals surface area (Å²) in [5, 5.41) is 4.59. The van der Waals surface area contributed by atoms with Gasteiger partial charge in [-0.25, -0.2) is 4.79 Å². The van der Waals surface area contributed by atoms with E-state index in [4.69, 9.17) is 4.89 Å². The van der Waals surface area contributed by atoms with Crippen LogP contribution >= 0.6 is 8.15 Å². The maximum absolute atomic E-state index is 10.9. The number of amides is 3. The second kappa shape index (κ2) is 3.83. The SMILES string of the molecule is CP(O)CCC1NC(=O)NC1=O. The van der Waals surface area contributed by atoms with E-state index < -0.39 is 20.2 Å². The standard InChI is InChI=1S/C6H11N2O3P/c1-12(11)3-2-4-5(9)8-6(10)7-4/h4,11H,2-3H2,1H3,(H2,7,8,9,10). The molecule has 1 aliphatic heterocycles. The second-order valence-corrected chi connectivity index (χ2v) is 4.45. The second-order valence-electron chi connectivity index (χ2n) is 2.69. The van der Waals surface area contributed by atoms with Gasteiger partial charge in [-0.2, -0.15) is 0 Å². The third kappa shape index (κ3) is 2.43. The molecule has 1 aliphatic rings. The van der Waals surface area contributed by atoms with Gasteiger partial charge in [0.2, 0.25) is 0 Å². The Kier molecular flexibility index (Phi) is 3.00. The molecule has 0 aromatic rings. The van der Waals surface area contributed by atoms with Gasteiger partial charge in [-0.3, -0.25) is 10.1 Å². The summed E-state index contributed by atoms with van der Waals surface area (Å²) in [4.78, 5) is 30.5. The number of urea groups is 1. The predicted octanol–water partition coefficient (Wildman–Crippen LogP) is -0.397. The van der Waals surface area contributed by atoms with Crippen LogP contribution in [0.25, 0.3) is 0 Å². The Morgan fingerprint density at radius 2 is 2.25 bits per heavy atom. The maximum atomic E-state index is 10.9. The van der Waals surface area contributed by atoms with E-state index in [1.165, 1.54) is 0 Å². The Bertz CT molecular complexity index is 207. The van der Waals surface area contributed by atoms with Crippen molar-refractivity contribution >= 4 is 20.1 Å². The molecular formula is C6H11N2O3P. The third-order valence-corrected chi connectivity index (χ3v) is 2.51. The van der Waals surface area contributed by atoms with Gasteiger partial charge in [0.05, 0.1) is 0 Å². The van der Waals surface area contributed by atoms with E-state index >= 15 is 0 Å². The van der Waals surface area contributed by atoms with Crippen molar-refractivity contribution in [2.75, 3.05) is 12.8 Å². The summed E-state index contributed by atoms with van der Waals surface area (Å²) in [6.45, 7) is 1.71. The summed E-state index contributed by atoms with van der Waals surface area (Å²) in [5.41, 5.74) is 0. The first-order chi connectivity index (χ1) is 5.59. The first kappa shape index (κ1) is 9.42. The molecule has 0 bridgehead atoms. The summed E-state index contributed by atoms with van der Waals surface area (Å²) < 4.78 is 0. The van der Waals surface area contributed by atoms with Crippen LogP contribution < -0.4 is 10.6 Å². The van der Waals surface area contributed by atoms with E-state index in [-0.39, 0.29) is 5.91 Å². The minimum atomic E-state index is -0.981. The quantitative estimate of drug-likeness (QED) is 0.418. The Labute approximate surface area is 71.4 Å². The molecule has 2 unspecified atom stereocenters. The van der Waals surface area contributed by atoms with Crippen LogP contribution in [0.4, 0.5) is 4.79 Å².